The quantitative estimate of drug-likeness (QED) is 0.0222. The van der Waals surface area contributed by atoms with Gasteiger partial charge < -0.3 is 33.8 Å². The molecule has 17 nitrogen and oxygen atoms in total. The van der Waals surface area contributed by atoms with E-state index in [1.807, 2.05) is 0 Å². The molecule has 0 fully saturated rings. The molecule has 0 aliphatic heterocycles. The topological polar surface area (TPSA) is 237 Å². The standard InChI is InChI=1S/C86H168O17P2/c1-7-10-12-14-16-18-20-21-22-23-24-25-26-27-31-34-37-40-44-51-57-63-69-84(89)97-74-81(102-85(90)70-64-58-52-45-41-38-35-32-29-28-30-33-36-39-42-49-55-61-67-79(6)9-3)76-100-104(92,93)98-72-80(87)73-99-105(94,95)101-77-82(75-96-83(88)68-62-56-50-43-19-17-15-13-11-8-2)103-86(91)71-65-59-53-47-46-48-54-60-66-78(4)5/h78-82,87H,7-77H2,1-6H3,(H,92,93)(H,94,95)/t79?,80-,81-,82-/m1/s1. The molecule has 0 spiro atoms. The predicted molar refractivity (Wildman–Crippen MR) is 432 cm³/mol. The third-order valence-corrected chi connectivity index (χ3v) is 22.5. The largest absolute Gasteiger partial charge is 0.472 e. The molecule has 0 aromatic heterocycles. The Bertz CT molecular complexity index is 2010. The summed E-state index contributed by atoms with van der Waals surface area (Å²) >= 11 is 0. The maximum absolute atomic E-state index is 13.1. The first kappa shape index (κ1) is 103. The Morgan fingerprint density at radius 2 is 0.486 bits per heavy atom. The molecule has 624 valence electrons. The summed E-state index contributed by atoms with van der Waals surface area (Å²) in [6.07, 6.45) is 69.7. The fourth-order valence-electron chi connectivity index (χ4n) is 13.4. The molecule has 0 saturated heterocycles. The second-order valence-corrected chi connectivity index (χ2v) is 34.6. The summed E-state index contributed by atoms with van der Waals surface area (Å²) in [5, 5.41) is 10.7. The first-order valence-corrected chi connectivity index (χ1v) is 47.5. The van der Waals surface area contributed by atoms with Crippen molar-refractivity contribution < 1.29 is 80.2 Å². The van der Waals surface area contributed by atoms with Gasteiger partial charge in [-0.3, -0.25) is 37.3 Å². The van der Waals surface area contributed by atoms with Crippen molar-refractivity contribution in [2.75, 3.05) is 39.6 Å². The number of rotatable bonds is 85. The van der Waals surface area contributed by atoms with E-state index in [4.69, 9.17) is 37.0 Å². The van der Waals surface area contributed by atoms with Crippen LogP contribution in [-0.4, -0.2) is 96.7 Å². The first-order chi connectivity index (χ1) is 50.9. The maximum Gasteiger partial charge on any atom is 0.472 e. The maximum atomic E-state index is 13.1. The number of esters is 4. The highest BCUT2D eigenvalue weighted by Gasteiger charge is 2.30. The summed E-state index contributed by atoms with van der Waals surface area (Å²) in [4.78, 5) is 73.1. The molecule has 0 rings (SSSR count). The summed E-state index contributed by atoms with van der Waals surface area (Å²) in [7, 11) is -9.92. The molecule has 0 aliphatic carbocycles. The Balaban J connectivity index is 5.17. The number of phosphoric ester groups is 2. The van der Waals surface area contributed by atoms with E-state index in [-0.39, 0.29) is 25.7 Å². The van der Waals surface area contributed by atoms with Crippen LogP contribution in [-0.2, 0) is 65.4 Å². The summed E-state index contributed by atoms with van der Waals surface area (Å²) in [6, 6.07) is 0. The van der Waals surface area contributed by atoms with Crippen LogP contribution >= 0.6 is 15.6 Å². The average molecular weight is 1540 g/mol. The van der Waals surface area contributed by atoms with Crippen molar-refractivity contribution in [3.05, 3.63) is 0 Å². The average Bonchev–Trinajstić information content (AvgIpc) is 0.913. The fourth-order valence-corrected chi connectivity index (χ4v) is 15.0. The smallest absolute Gasteiger partial charge is 0.462 e. The van der Waals surface area contributed by atoms with E-state index in [1.165, 1.54) is 276 Å². The summed E-state index contributed by atoms with van der Waals surface area (Å²) in [5.41, 5.74) is 0. The van der Waals surface area contributed by atoms with Gasteiger partial charge in [0.25, 0.3) is 0 Å². The third kappa shape index (κ3) is 78.5. The highest BCUT2D eigenvalue weighted by atomic mass is 31.2. The van der Waals surface area contributed by atoms with E-state index >= 15 is 0 Å². The number of hydrogen-bond acceptors (Lipinski definition) is 15. The van der Waals surface area contributed by atoms with E-state index in [9.17, 15) is 43.2 Å². The zero-order chi connectivity index (χ0) is 77.1. The Kier molecular flexibility index (Phi) is 76.0. The molecule has 0 radical (unpaired) electrons. The lowest BCUT2D eigenvalue weighted by atomic mass is 9.99. The second kappa shape index (κ2) is 77.4. The van der Waals surface area contributed by atoms with Gasteiger partial charge in [0, 0.05) is 25.7 Å². The summed E-state index contributed by atoms with van der Waals surface area (Å²) in [6.45, 7) is 9.67. The SMILES string of the molecule is CCCCCCCCCCCCCCCCCCCCCCCCC(=O)OC[C@H](COP(=O)(O)OC[C@@H](O)COP(=O)(O)OC[C@@H](COC(=O)CCCCCCCCCCCC)OC(=O)CCCCCCCCCCC(C)C)OC(=O)CCCCCCCCCCCCCCCCCCCCC(C)CC. The van der Waals surface area contributed by atoms with Crippen LogP contribution in [0, 0.1) is 11.8 Å². The van der Waals surface area contributed by atoms with Crippen molar-refractivity contribution in [1.82, 2.24) is 0 Å². The molecule has 6 atom stereocenters. The molecule has 0 aromatic rings. The monoisotopic (exact) mass is 1540 g/mol. The van der Waals surface area contributed by atoms with Crippen molar-refractivity contribution in [3.63, 3.8) is 0 Å². The molecule has 105 heavy (non-hydrogen) atoms. The van der Waals surface area contributed by atoms with Gasteiger partial charge in [0.2, 0.25) is 0 Å². The molecule has 0 saturated carbocycles. The number of hydrogen-bond donors (Lipinski definition) is 3. The van der Waals surface area contributed by atoms with Crippen molar-refractivity contribution in [3.8, 4) is 0 Å². The van der Waals surface area contributed by atoms with Gasteiger partial charge in [-0.2, -0.15) is 0 Å². The third-order valence-electron chi connectivity index (χ3n) is 20.6. The van der Waals surface area contributed by atoms with Gasteiger partial charge in [0.1, 0.15) is 19.3 Å². The lowest BCUT2D eigenvalue weighted by molar-refractivity contribution is -0.161. The Morgan fingerprint density at radius 3 is 0.724 bits per heavy atom. The van der Waals surface area contributed by atoms with Crippen molar-refractivity contribution >= 4 is 39.5 Å². The van der Waals surface area contributed by atoms with Crippen molar-refractivity contribution in [2.24, 2.45) is 11.8 Å². The number of unbranched alkanes of at least 4 members (excludes halogenated alkanes) is 54. The molecule has 0 aromatic carbocycles. The highest BCUT2D eigenvalue weighted by molar-refractivity contribution is 7.47. The molecule has 19 heteroatoms. The molecular formula is C86H168O17P2. The van der Waals surface area contributed by atoms with Crippen LogP contribution in [0.15, 0.2) is 0 Å². The number of aliphatic hydroxyl groups excluding tert-OH is 1. The summed E-state index contributed by atoms with van der Waals surface area (Å²) < 4.78 is 68.8. The van der Waals surface area contributed by atoms with Gasteiger partial charge in [0.05, 0.1) is 26.4 Å². The molecule has 0 heterocycles. The van der Waals surface area contributed by atoms with Gasteiger partial charge in [0.15, 0.2) is 12.2 Å². The minimum atomic E-state index is -4.97. The first-order valence-electron chi connectivity index (χ1n) is 44.5. The zero-order valence-electron chi connectivity index (χ0n) is 69.0. The summed E-state index contributed by atoms with van der Waals surface area (Å²) in [5.74, 6) is -0.518. The van der Waals surface area contributed by atoms with E-state index in [1.54, 1.807) is 0 Å². The van der Waals surface area contributed by atoms with Gasteiger partial charge in [-0.05, 0) is 37.5 Å². The van der Waals surface area contributed by atoms with Gasteiger partial charge in [-0.1, -0.05) is 408 Å². The normalized spacial score (nSPS) is 14.1. The van der Waals surface area contributed by atoms with Crippen LogP contribution in [0.25, 0.3) is 0 Å². The molecule has 0 aliphatic rings. The van der Waals surface area contributed by atoms with Gasteiger partial charge >= 0.3 is 39.5 Å². The van der Waals surface area contributed by atoms with E-state index in [0.29, 0.717) is 25.7 Å². The van der Waals surface area contributed by atoms with E-state index in [0.717, 1.165) is 102 Å². The number of ether oxygens (including phenoxy) is 4. The predicted octanol–water partition coefficient (Wildman–Crippen LogP) is 26.2. The minimum absolute atomic E-state index is 0.105. The lowest BCUT2D eigenvalue weighted by Crippen LogP contribution is -2.30. The Hall–Kier alpha value is -1.94. The second-order valence-electron chi connectivity index (χ2n) is 31.6. The van der Waals surface area contributed by atoms with Crippen LogP contribution in [0.2, 0.25) is 0 Å². The van der Waals surface area contributed by atoms with Gasteiger partial charge in [-0.15, -0.1) is 0 Å². The van der Waals surface area contributed by atoms with Gasteiger partial charge in [-0.25, -0.2) is 9.13 Å². The van der Waals surface area contributed by atoms with Crippen LogP contribution in [0.4, 0.5) is 0 Å². The number of carbonyl (C=O) groups is 4. The van der Waals surface area contributed by atoms with Crippen LogP contribution < -0.4 is 0 Å². The number of aliphatic hydroxyl groups is 1. The highest BCUT2D eigenvalue weighted by Crippen LogP contribution is 2.45. The van der Waals surface area contributed by atoms with Crippen LogP contribution in [0.3, 0.4) is 0 Å². The van der Waals surface area contributed by atoms with E-state index in [2.05, 4.69) is 41.5 Å². The molecule has 3 unspecified atom stereocenters. The van der Waals surface area contributed by atoms with Crippen molar-refractivity contribution in [2.45, 2.75) is 477 Å². The van der Waals surface area contributed by atoms with Crippen LogP contribution in [0.5, 0.6) is 0 Å². The molecule has 0 bridgehead atoms. The van der Waals surface area contributed by atoms with E-state index < -0.39 is 97.5 Å². The zero-order valence-corrected chi connectivity index (χ0v) is 70.8. The van der Waals surface area contributed by atoms with Crippen molar-refractivity contribution in [1.29, 1.82) is 0 Å². The van der Waals surface area contributed by atoms with Crippen LogP contribution in [0.1, 0.15) is 459 Å². The number of phosphoric acid groups is 2. The Morgan fingerprint density at radius 1 is 0.276 bits per heavy atom. The Labute approximate surface area is 645 Å². The lowest BCUT2D eigenvalue weighted by Gasteiger charge is -2.21. The minimum Gasteiger partial charge on any atom is -0.462 e. The number of carbonyl (C=O) groups excluding carboxylic acids is 4. The molecular weight excluding hydrogens is 1370 g/mol. The molecule has 3 N–H and O–H groups in total. The molecule has 0 amide bonds. The fraction of sp³-hybridized carbons (Fsp3) is 0.953.